The quantitative estimate of drug-likeness (QED) is 0.249. The summed E-state index contributed by atoms with van der Waals surface area (Å²) in [7, 11) is -6.61. The molecule has 0 saturated carbocycles. The highest BCUT2D eigenvalue weighted by molar-refractivity contribution is 8.33. The van der Waals surface area contributed by atoms with Crippen LogP contribution in [0.5, 0.6) is 0 Å². The Morgan fingerprint density at radius 1 is 0.576 bits per heavy atom. The molecule has 0 aliphatic rings. The predicted octanol–water partition coefficient (Wildman–Crippen LogP) is 7.63. The fraction of sp³-hybridized carbons (Fsp3) is 0.143. The summed E-state index contributed by atoms with van der Waals surface area (Å²) in [5.41, 5.74) is 1.13. The fourth-order valence-corrected chi connectivity index (χ4v) is 8.98. The van der Waals surface area contributed by atoms with Crippen LogP contribution in [0.1, 0.15) is 25.3 Å². The number of benzene rings is 4. The molecule has 0 spiro atoms. The van der Waals surface area contributed by atoms with Gasteiger partial charge >= 0.3 is 10.1 Å². The van der Waals surface area contributed by atoms with E-state index in [9.17, 15) is 8.42 Å². The molecule has 0 unspecified atom stereocenters. The zero-order chi connectivity index (χ0) is 23.2. The third-order valence-corrected chi connectivity index (χ3v) is 10.6. The largest absolute Gasteiger partial charge is 0.307 e. The van der Waals surface area contributed by atoms with Crippen molar-refractivity contribution in [2.75, 3.05) is 0 Å². The van der Waals surface area contributed by atoms with Crippen LogP contribution in [-0.2, 0) is 20.2 Å². The molecular formula is C28H28O3S2. The van der Waals surface area contributed by atoms with Crippen molar-refractivity contribution in [3.8, 4) is 0 Å². The average Bonchev–Trinajstić information content (AvgIpc) is 2.88. The first-order valence-corrected chi connectivity index (χ1v) is 14.1. The van der Waals surface area contributed by atoms with E-state index in [4.69, 9.17) is 3.63 Å². The van der Waals surface area contributed by atoms with Gasteiger partial charge in [-0.1, -0.05) is 80.1 Å². The molecule has 170 valence electrons. The molecular weight excluding hydrogens is 448 g/mol. The molecule has 0 aliphatic carbocycles. The van der Waals surface area contributed by atoms with Crippen LogP contribution in [0.3, 0.4) is 0 Å². The molecule has 0 bridgehead atoms. The lowest BCUT2D eigenvalue weighted by Gasteiger charge is -2.39. The maximum absolute atomic E-state index is 13.7. The molecule has 0 aromatic heterocycles. The van der Waals surface area contributed by atoms with Crippen LogP contribution in [0.2, 0.25) is 0 Å². The van der Waals surface area contributed by atoms with E-state index in [0.29, 0.717) is 0 Å². The Hall–Kier alpha value is -2.86. The minimum atomic E-state index is -4.06. The van der Waals surface area contributed by atoms with Gasteiger partial charge in [-0.25, -0.2) is 3.63 Å². The molecule has 0 radical (unpaired) electrons. The molecule has 0 fully saturated rings. The highest BCUT2D eigenvalue weighted by Crippen LogP contribution is 2.70. The molecule has 4 rings (SSSR count). The van der Waals surface area contributed by atoms with Crippen molar-refractivity contribution < 1.29 is 12.0 Å². The fourth-order valence-electron chi connectivity index (χ4n) is 3.74. The summed E-state index contributed by atoms with van der Waals surface area (Å²) >= 11 is 0. The molecule has 0 N–H and O–H groups in total. The van der Waals surface area contributed by atoms with Gasteiger partial charge in [-0.2, -0.15) is 8.42 Å². The highest BCUT2D eigenvalue weighted by Gasteiger charge is 2.38. The highest BCUT2D eigenvalue weighted by atomic mass is 32.3. The van der Waals surface area contributed by atoms with Crippen LogP contribution in [0.15, 0.2) is 135 Å². The van der Waals surface area contributed by atoms with Gasteiger partial charge in [0.1, 0.15) is 0 Å². The number of rotatable bonds is 9. The van der Waals surface area contributed by atoms with Crippen molar-refractivity contribution in [1.29, 1.82) is 0 Å². The third kappa shape index (κ3) is 5.06. The van der Waals surface area contributed by atoms with Gasteiger partial charge in [0.2, 0.25) is 0 Å². The Morgan fingerprint density at radius 3 is 1.39 bits per heavy atom. The van der Waals surface area contributed by atoms with Crippen molar-refractivity contribution in [2.24, 2.45) is 0 Å². The van der Waals surface area contributed by atoms with Gasteiger partial charge in [-0.3, -0.25) is 0 Å². The number of aryl methyl sites for hydroxylation is 1. The molecule has 5 heteroatoms. The van der Waals surface area contributed by atoms with E-state index in [-0.39, 0.29) is 4.90 Å². The minimum absolute atomic E-state index is 0.169. The van der Waals surface area contributed by atoms with E-state index in [1.807, 2.05) is 103 Å². The van der Waals surface area contributed by atoms with Crippen LogP contribution in [0.25, 0.3) is 0 Å². The zero-order valence-corrected chi connectivity index (χ0v) is 20.3. The van der Waals surface area contributed by atoms with Gasteiger partial charge in [0.15, 0.2) is 0 Å². The van der Waals surface area contributed by atoms with E-state index in [1.54, 1.807) is 12.1 Å². The van der Waals surface area contributed by atoms with E-state index in [2.05, 4.69) is 6.92 Å². The van der Waals surface area contributed by atoms with Crippen molar-refractivity contribution in [3.05, 3.63) is 121 Å². The lowest BCUT2D eigenvalue weighted by atomic mass is 10.1. The predicted molar refractivity (Wildman–Crippen MR) is 135 cm³/mol. The van der Waals surface area contributed by atoms with E-state index >= 15 is 0 Å². The molecule has 4 aromatic rings. The summed E-state index contributed by atoms with van der Waals surface area (Å²) in [6, 6.07) is 36.0. The molecule has 4 aromatic carbocycles. The topological polar surface area (TPSA) is 43.4 Å². The van der Waals surface area contributed by atoms with Crippen LogP contribution < -0.4 is 0 Å². The normalized spacial score (nSPS) is 12.4. The Bertz CT molecular complexity index is 1160. The van der Waals surface area contributed by atoms with Crippen LogP contribution in [0.4, 0.5) is 0 Å². The second kappa shape index (κ2) is 10.4. The van der Waals surface area contributed by atoms with Gasteiger partial charge < -0.3 is 0 Å². The molecule has 0 saturated heterocycles. The molecule has 0 atom stereocenters. The van der Waals surface area contributed by atoms with Crippen molar-refractivity contribution in [3.63, 3.8) is 0 Å². The van der Waals surface area contributed by atoms with Crippen molar-refractivity contribution in [2.45, 2.75) is 45.8 Å². The van der Waals surface area contributed by atoms with E-state index in [1.165, 1.54) is 0 Å². The minimum Gasteiger partial charge on any atom is -0.203 e. The molecule has 0 heterocycles. The summed E-state index contributed by atoms with van der Waals surface area (Å²) in [5.74, 6) is 0. The lowest BCUT2D eigenvalue weighted by Crippen LogP contribution is -2.14. The average molecular weight is 477 g/mol. The van der Waals surface area contributed by atoms with Crippen LogP contribution in [-0.4, -0.2) is 8.42 Å². The van der Waals surface area contributed by atoms with Gasteiger partial charge in [0, 0.05) is 14.7 Å². The van der Waals surface area contributed by atoms with E-state index in [0.717, 1.165) is 39.5 Å². The van der Waals surface area contributed by atoms with Gasteiger partial charge in [-0.05, 0) is 77.2 Å². The maximum atomic E-state index is 13.7. The molecule has 0 amide bonds. The summed E-state index contributed by atoms with van der Waals surface area (Å²) in [5, 5.41) is 0. The first kappa shape index (κ1) is 23.3. The third-order valence-electron chi connectivity index (χ3n) is 5.45. The monoisotopic (exact) mass is 476 g/mol. The molecule has 33 heavy (non-hydrogen) atoms. The van der Waals surface area contributed by atoms with Gasteiger partial charge in [0.25, 0.3) is 0 Å². The molecule has 3 nitrogen and oxygen atoms in total. The van der Waals surface area contributed by atoms with E-state index < -0.39 is 20.4 Å². The lowest BCUT2D eigenvalue weighted by molar-refractivity contribution is 0.508. The Morgan fingerprint density at radius 2 is 1.00 bits per heavy atom. The molecule has 0 aliphatic heterocycles. The number of unbranched alkanes of at least 4 members (excludes halogenated alkanes) is 1. The van der Waals surface area contributed by atoms with Gasteiger partial charge in [-0.15, -0.1) is 0 Å². The van der Waals surface area contributed by atoms with Crippen LogP contribution >= 0.6 is 10.3 Å². The van der Waals surface area contributed by atoms with Crippen molar-refractivity contribution in [1.82, 2.24) is 0 Å². The summed E-state index contributed by atoms with van der Waals surface area (Å²) in [6.07, 6.45) is 3.11. The zero-order valence-electron chi connectivity index (χ0n) is 18.6. The summed E-state index contributed by atoms with van der Waals surface area (Å²) in [6.45, 7) is 2.14. The smallest absolute Gasteiger partial charge is 0.203 e. The van der Waals surface area contributed by atoms with Crippen molar-refractivity contribution >= 4 is 20.4 Å². The number of hydrogen-bond donors (Lipinski definition) is 0. The second-order valence-corrected chi connectivity index (χ2v) is 12.2. The Kier molecular flexibility index (Phi) is 7.33. The van der Waals surface area contributed by atoms with Gasteiger partial charge in [0.05, 0.1) is 4.90 Å². The van der Waals surface area contributed by atoms with Crippen LogP contribution in [0, 0.1) is 0 Å². The number of hydrogen-bond acceptors (Lipinski definition) is 3. The summed E-state index contributed by atoms with van der Waals surface area (Å²) < 4.78 is 33.7. The Labute approximate surface area is 198 Å². The first-order valence-electron chi connectivity index (χ1n) is 11.1. The maximum Gasteiger partial charge on any atom is 0.307 e. The SMILES string of the molecule is CCCCc1ccc(S(=O)(=O)OS(c2ccccc2)(c2ccccc2)c2ccccc2)cc1. The standard InChI is InChI=1S/C28H28O3S2/c1-2-3-13-24-20-22-28(23-21-24)33(29,30)31-32(25-14-7-4-8-15-25,26-16-9-5-10-17-26)27-18-11-6-12-19-27/h4-12,14-23H,2-3,13H2,1H3. The Balaban J connectivity index is 1.87. The summed E-state index contributed by atoms with van der Waals surface area (Å²) in [4.78, 5) is 2.64. The first-order chi connectivity index (χ1) is 16.1. The second-order valence-electron chi connectivity index (χ2n) is 7.77.